The van der Waals surface area contributed by atoms with Gasteiger partial charge in [-0.3, -0.25) is 4.79 Å². The Labute approximate surface area is 154 Å². The van der Waals surface area contributed by atoms with Crippen molar-refractivity contribution in [1.82, 2.24) is 4.98 Å². The van der Waals surface area contributed by atoms with Gasteiger partial charge in [-0.1, -0.05) is 6.07 Å². The van der Waals surface area contributed by atoms with Gasteiger partial charge in [-0.15, -0.1) is 11.3 Å². The van der Waals surface area contributed by atoms with Gasteiger partial charge in [0.25, 0.3) is 0 Å². The van der Waals surface area contributed by atoms with E-state index < -0.39 is 11.7 Å². The summed E-state index contributed by atoms with van der Waals surface area (Å²) in [7, 11) is 0. The van der Waals surface area contributed by atoms with Crippen LogP contribution >= 0.6 is 34.4 Å². The summed E-state index contributed by atoms with van der Waals surface area (Å²) in [6, 6.07) is 7.75. The van der Waals surface area contributed by atoms with Crippen LogP contribution in [0.3, 0.4) is 0 Å². The first-order valence-corrected chi connectivity index (χ1v) is 9.60. The van der Waals surface area contributed by atoms with Crippen LogP contribution < -0.4 is 0 Å². The zero-order chi connectivity index (χ0) is 17.9. The molecular weight excluding hydrogens is 387 g/mol. The number of hydrogen-bond acceptors (Lipinski definition) is 5. The Kier molecular flexibility index (Phi) is 5.41. The molecule has 25 heavy (non-hydrogen) atoms. The van der Waals surface area contributed by atoms with Crippen molar-refractivity contribution in [2.24, 2.45) is 0 Å². The second-order valence-electron chi connectivity index (χ2n) is 4.86. The minimum Gasteiger partial charge on any atom is -0.281 e. The zero-order valence-electron chi connectivity index (χ0n) is 12.5. The van der Waals surface area contributed by atoms with Crippen molar-refractivity contribution in [1.29, 1.82) is 0 Å². The van der Waals surface area contributed by atoms with Crippen molar-refractivity contribution in [2.45, 2.75) is 11.2 Å². The van der Waals surface area contributed by atoms with Crippen molar-refractivity contribution in [3.8, 4) is 0 Å². The van der Waals surface area contributed by atoms with Gasteiger partial charge in [0.2, 0.25) is 5.12 Å². The van der Waals surface area contributed by atoms with Crippen LogP contribution in [0.1, 0.15) is 16.0 Å². The Morgan fingerprint density at radius 2 is 2.00 bits per heavy atom. The SMILES string of the molecule is O=C(Sc1ccc(C(F)(F)F)cn1)C(=Cc1cccs1)c1ccsc1. The van der Waals surface area contributed by atoms with Gasteiger partial charge >= 0.3 is 6.18 Å². The summed E-state index contributed by atoms with van der Waals surface area (Å²) < 4.78 is 37.8. The largest absolute Gasteiger partial charge is 0.417 e. The number of pyridine rings is 1. The molecule has 0 unspecified atom stereocenters. The van der Waals surface area contributed by atoms with Crippen molar-refractivity contribution in [2.75, 3.05) is 0 Å². The highest BCUT2D eigenvalue weighted by atomic mass is 32.2. The summed E-state index contributed by atoms with van der Waals surface area (Å²) in [6.07, 6.45) is -1.92. The maximum Gasteiger partial charge on any atom is 0.417 e. The van der Waals surface area contributed by atoms with Gasteiger partial charge in [-0.2, -0.15) is 24.5 Å². The van der Waals surface area contributed by atoms with Gasteiger partial charge in [-0.25, -0.2) is 4.98 Å². The molecule has 0 spiro atoms. The van der Waals surface area contributed by atoms with Gasteiger partial charge in [0.15, 0.2) is 0 Å². The van der Waals surface area contributed by atoms with Crippen LogP contribution in [0.2, 0.25) is 0 Å². The third-order valence-corrected chi connectivity index (χ3v) is 5.50. The van der Waals surface area contributed by atoms with E-state index in [-0.39, 0.29) is 10.1 Å². The fourth-order valence-corrected chi connectivity index (χ4v) is 3.98. The lowest BCUT2D eigenvalue weighted by Crippen LogP contribution is -2.05. The monoisotopic (exact) mass is 397 g/mol. The number of alkyl halides is 3. The number of thioether (sulfide) groups is 1. The molecule has 0 bridgehead atoms. The molecule has 3 aromatic heterocycles. The average Bonchev–Trinajstić information content (AvgIpc) is 3.26. The van der Waals surface area contributed by atoms with Crippen LogP contribution in [0.25, 0.3) is 11.6 Å². The minimum atomic E-state index is -4.44. The lowest BCUT2D eigenvalue weighted by Gasteiger charge is -2.07. The first kappa shape index (κ1) is 17.9. The molecule has 0 aliphatic carbocycles. The molecule has 3 rings (SSSR count). The number of hydrogen-bond donors (Lipinski definition) is 0. The van der Waals surface area contributed by atoms with Crippen LogP contribution in [-0.4, -0.2) is 10.1 Å². The highest BCUT2D eigenvalue weighted by molar-refractivity contribution is 8.14. The summed E-state index contributed by atoms with van der Waals surface area (Å²) >= 11 is 3.79. The van der Waals surface area contributed by atoms with Crippen molar-refractivity contribution in [3.63, 3.8) is 0 Å². The Morgan fingerprint density at radius 1 is 1.16 bits per heavy atom. The smallest absolute Gasteiger partial charge is 0.281 e. The van der Waals surface area contributed by atoms with E-state index >= 15 is 0 Å². The Hall–Kier alpha value is -1.90. The highest BCUT2D eigenvalue weighted by Gasteiger charge is 2.30. The van der Waals surface area contributed by atoms with Crippen LogP contribution in [-0.2, 0) is 11.0 Å². The van der Waals surface area contributed by atoms with E-state index in [9.17, 15) is 18.0 Å². The van der Waals surface area contributed by atoms with Crippen LogP contribution in [0.5, 0.6) is 0 Å². The number of carbonyl (C=O) groups is 1. The molecule has 0 fully saturated rings. The Morgan fingerprint density at radius 3 is 2.56 bits per heavy atom. The van der Waals surface area contributed by atoms with Crippen LogP contribution in [0.4, 0.5) is 13.2 Å². The molecule has 0 radical (unpaired) electrons. The fourth-order valence-electron chi connectivity index (χ4n) is 1.95. The van der Waals surface area contributed by atoms with Crippen molar-refractivity contribution >= 4 is 51.2 Å². The molecule has 0 saturated carbocycles. The molecule has 0 amide bonds. The van der Waals surface area contributed by atoms with E-state index in [0.717, 1.165) is 34.5 Å². The maximum atomic E-state index is 12.7. The molecule has 3 aromatic rings. The summed E-state index contributed by atoms with van der Waals surface area (Å²) in [6.45, 7) is 0. The Balaban J connectivity index is 1.84. The van der Waals surface area contributed by atoms with E-state index in [2.05, 4.69) is 4.98 Å². The Bertz CT molecular complexity index is 867. The molecular formula is C17H10F3NOS3. The molecule has 0 aliphatic rings. The van der Waals surface area contributed by atoms with Gasteiger partial charge in [0.1, 0.15) is 5.03 Å². The number of thiophene rings is 2. The van der Waals surface area contributed by atoms with Gasteiger partial charge in [0.05, 0.1) is 5.56 Å². The lowest BCUT2D eigenvalue weighted by molar-refractivity contribution is -0.137. The number of rotatable bonds is 4. The quantitative estimate of drug-likeness (QED) is 0.395. The maximum absolute atomic E-state index is 12.7. The fraction of sp³-hybridized carbons (Fsp3) is 0.0588. The van der Waals surface area contributed by atoms with Gasteiger partial charge < -0.3 is 0 Å². The molecule has 0 aromatic carbocycles. The normalized spacial score (nSPS) is 12.4. The minimum absolute atomic E-state index is 0.227. The zero-order valence-corrected chi connectivity index (χ0v) is 14.9. The first-order chi connectivity index (χ1) is 11.9. The highest BCUT2D eigenvalue weighted by Crippen LogP contribution is 2.32. The van der Waals surface area contributed by atoms with Crippen LogP contribution in [0, 0.1) is 0 Å². The van der Waals surface area contributed by atoms with E-state index in [1.807, 2.05) is 34.3 Å². The van der Waals surface area contributed by atoms with Gasteiger partial charge in [-0.05, 0) is 63.8 Å². The van der Waals surface area contributed by atoms with E-state index in [0.29, 0.717) is 5.57 Å². The summed E-state index contributed by atoms with van der Waals surface area (Å²) in [5.74, 6) is 0. The third kappa shape index (κ3) is 4.59. The predicted molar refractivity (Wildman–Crippen MR) is 96.6 cm³/mol. The predicted octanol–water partition coefficient (Wildman–Crippen LogP) is 6.08. The van der Waals surface area contributed by atoms with Crippen LogP contribution in [0.15, 0.2) is 57.7 Å². The summed E-state index contributed by atoms with van der Waals surface area (Å²) in [5, 5.41) is 5.60. The molecule has 128 valence electrons. The summed E-state index contributed by atoms with van der Waals surface area (Å²) in [5.41, 5.74) is 0.440. The standard InChI is InChI=1S/C17H10F3NOS3/c18-17(19,20)12-3-4-15(21-9-12)25-16(22)14(11-5-7-23-10-11)8-13-2-1-6-24-13/h1-10H. The third-order valence-electron chi connectivity index (χ3n) is 3.14. The van der Waals surface area contributed by atoms with E-state index in [1.165, 1.54) is 28.7 Å². The molecule has 8 heteroatoms. The van der Waals surface area contributed by atoms with E-state index in [1.54, 1.807) is 6.08 Å². The van der Waals surface area contributed by atoms with E-state index in [4.69, 9.17) is 0 Å². The molecule has 2 nitrogen and oxygen atoms in total. The topological polar surface area (TPSA) is 30.0 Å². The van der Waals surface area contributed by atoms with Crippen molar-refractivity contribution < 1.29 is 18.0 Å². The number of nitrogens with zero attached hydrogens (tertiary/aromatic N) is 1. The lowest BCUT2D eigenvalue weighted by atomic mass is 10.1. The number of aromatic nitrogens is 1. The number of carbonyl (C=O) groups excluding carboxylic acids is 1. The second-order valence-corrected chi connectivity index (χ2v) is 7.61. The molecule has 0 N–H and O–H groups in total. The number of halogens is 3. The first-order valence-electron chi connectivity index (χ1n) is 6.97. The molecule has 0 atom stereocenters. The average molecular weight is 397 g/mol. The van der Waals surface area contributed by atoms with Crippen molar-refractivity contribution in [3.05, 3.63) is 68.7 Å². The molecule has 3 heterocycles. The molecule has 0 aliphatic heterocycles. The van der Waals surface area contributed by atoms with Gasteiger partial charge in [0, 0.05) is 16.6 Å². The second kappa shape index (κ2) is 7.55. The molecule has 0 saturated heterocycles. The summed E-state index contributed by atoms with van der Waals surface area (Å²) in [4.78, 5) is 17.3.